The minimum Gasteiger partial charge on any atom is -0.481 e. The van der Waals surface area contributed by atoms with Gasteiger partial charge in [-0.25, -0.2) is 0 Å². The summed E-state index contributed by atoms with van der Waals surface area (Å²) in [7, 11) is 0. The van der Waals surface area contributed by atoms with Gasteiger partial charge in [-0.1, -0.05) is 18.2 Å². The molecule has 4 heteroatoms. The van der Waals surface area contributed by atoms with Crippen LogP contribution < -0.4 is 0 Å². The van der Waals surface area contributed by atoms with Crippen LogP contribution in [0.3, 0.4) is 0 Å². The number of hydrogen-bond acceptors (Lipinski definition) is 2. The zero-order chi connectivity index (χ0) is 10.3. The second-order valence-corrected chi connectivity index (χ2v) is 3.43. The Morgan fingerprint density at radius 2 is 1.92 bits per heavy atom. The Balaban J connectivity index is 0.000000310. The molecule has 0 radical (unpaired) electrons. The lowest BCUT2D eigenvalue weighted by atomic mass is 10.2. The Hall–Kier alpha value is -0.620. The van der Waals surface area contributed by atoms with Crippen molar-refractivity contribution in [2.75, 3.05) is 0 Å². The maximum absolute atomic E-state index is 9.00. The minimum atomic E-state index is -0.833. The third-order valence-corrected chi connectivity index (χ3v) is 2.18. The molecule has 13 heavy (non-hydrogen) atoms. The molecule has 0 unspecified atom stereocenters. The first-order chi connectivity index (χ1) is 6.07. The van der Waals surface area contributed by atoms with Crippen LogP contribution in [0.4, 0.5) is 0 Å². The maximum Gasteiger partial charge on any atom is 0.300 e. The highest BCUT2D eigenvalue weighted by Gasteiger charge is 1.92. The van der Waals surface area contributed by atoms with Crippen LogP contribution in [0, 0.1) is 3.57 Å². The number of aliphatic hydroxyl groups excluding tert-OH is 1. The van der Waals surface area contributed by atoms with Crippen LogP contribution in [0.25, 0.3) is 0 Å². The first kappa shape index (κ1) is 12.4. The van der Waals surface area contributed by atoms with Gasteiger partial charge in [-0.3, -0.25) is 4.79 Å². The van der Waals surface area contributed by atoms with Crippen molar-refractivity contribution < 1.29 is 15.0 Å². The van der Waals surface area contributed by atoms with Crippen molar-refractivity contribution in [2.45, 2.75) is 13.5 Å². The normalized spacial score (nSPS) is 8.54. The predicted molar refractivity (Wildman–Crippen MR) is 58.4 cm³/mol. The van der Waals surface area contributed by atoms with Crippen molar-refractivity contribution in [2.24, 2.45) is 0 Å². The van der Waals surface area contributed by atoms with Gasteiger partial charge < -0.3 is 10.2 Å². The van der Waals surface area contributed by atoms with E-state index >= 15 is 0 Å². The van der Waals surface area contributed by atoms with E-state index in [1.807, 2.05) is 24.3 Å². The number of carboxylic acids is 1. The summed E-state index contributed by atoms with van der Waals surface area (Å²) in [6, 6.07) is 7.78. The summed E-state index contributed by atoms with van der Waals surface area (Å²) in [4.78, 5) is 9.00. The van der Waals surface area contributed by atoms with Gasteiger partial charge in [0.1, 0.15) is 0 Å². The molecule has 0 spiro atoms. The second kappa shape index (κ2) is 6.85. The van der Waals surface area contributed by atoms with Crippen LogP contribution in [0.15, 0.2) is 24.3 Å². The number of benzene rings is 1. The zero-order valence-electron chi connectivity index (χ0n) is 7.20. The van der Waals surface area contributed by atoms with Gasteiger partial charge in [-0.05, 0) is 34.2 Å². The van der Waals surface area contributed by atoms with E-state index in [0.29, 0.717) is 0 Å². The molecule has 0 atom stereocenters. The minimum absolute atomic E-state index is 0.138. The Labute approximate surface area is 90.5 Å². The monoisotopic (exact) mass is 294 g/mol. The van der Waals surface area contributed by atoms with E-state index in [1.165, 1.54) is 0 Å². The molecule has 0 saturated heterocycles. The average Bonchev–Trinajstić information content (AvgIpc) is 2.04. The van der Waals surface area contributed by atoms with Gasteiger partial charge >= 0.3 is 0 Å². The fourth-order valence-electron chi connectivity index (χ4n) is 0.627. The molecule has 1 aromatic rings. The molecule has 0 fully saturated rings. The standard InChI is InChI=1S/C7H7IO.C2H4O2/c8-7-4-2-1-3-6(7)5-9;1-2(3)4/h1-4,9H,5H2;1H3,(H,3,4). The SMILES string of the molecule is CC(=O)O.OCc1ccccc1I. The lowest BCUT2D eigenvalue weighted by Gasteiger charge is -1.96. The number of carboxylic acid groups (broad SMARTS) is 1. The summed E-state index contributed by atoms with van der Waals surface area (Å²) in [5.41, 5.74) is 0.998. The molecule has 0 aliphatic heterocycles. The van der Waals surface area contributed by atoms with Crippen molar-refractivity contribution >= 4 is 28.6 Å². The number of carbonyl (C=O) groups is 1. The van der Waals surface area contributed by atoms with Crippen molar-refractivity contribution in [1.82, 2.24) is 0 Å². The Morgan fingerprint density at radius 1 is 1.46 bits per heavy atom. The fraction of sp³-hybridized carbons (Fsp3) is 0.222. The van der Waals surface area contributed by atoms with E-state index in [-0.39, 0.29) is 6.61 Å². The van der Waals surface area contributed by atoms with Gasteiger partial charge in [-0.15, -0.1) is 0 Å². The van der Waals surface area contributed by atoms with Crippen LogP contribution in [-0.2, 0) is 11.4 Å². The van der Waals surface area contributed by atoms with E-state index in [2.05, 4.69) is 22.6 Å². The molecule has 2 N–H and O–H groups in total. The van der Waals surface area contributed by atoms with Crippen LogP contribution in [0.2, 0.25) is 0 Å². The number of aliphatic hydroxyl groups is 1. The molecule has 0 aromatic heterocycles. The van der Waals surface area contributed by atoms with Crippen LogP contribution in [0.1, 0.15) is 12.5 Å². The van der Waals surface area contributed by atoms with Crippen LogP contribution >= 0.6 is 22.6 Å². The predicted octanol–water partition coefficient (Wildman–Crippen LogP) is 1.87. The number of hydrogen-bond donors (Lipinski definition) is 2. The number of halogens is 1. The molecule has 72 valence electrons. The summed E-state index contributed by atoms with van der Waals surface area (Å²) in [5, 5.41) is 16.1. The van der Waals surface area contributed by atoms with Gasteiger partial charge in [0.25, 0.3) is 5.97 Å². The number of aliphatic carboxylic acids is 1. The molecule has 0 heterocycles. The number of rotatable bonds is 1. The lowest BCUT2D eigenvalue weighted by molar-refractivity contribution is -0.134. The first-order valence-corrected chi connectivity index (χ1v) is 4.69. The summed E-state index contributed by atoms with van der Waals surface area (Å²) in [6.07, 6.45) is 0. The molecule has 0 saturated carbocycles. The molecule has 1 aromatic carbocycles. The quantitative estimate of drug-likeness (QED) is 0.777. The van der Waals surface area contributed by atoms with Crippen molar-refractivity contribution in [3.8, 4) is 0 Å². The average molecular weight is 294 g/mol. The molecule has 0 aliphatic rings. The molecule has 1 rings (SSSR count). The van der Waals surface area contributed by atoms with E-state index in [4.69, 9.17) is 15.0 Å². The highest BCUT2D eigenvalue weighted by Crippen LogP contribution is 2.10. The van der Waals surface area contributed by atoms with Crippen LogP contribution in [0.5, 0.6) is 0 Å². The lowest BCUT2D eigenvalue weighted by Crippen LogP contribution is -1.85. The Kier molecular flexibility index (Phi) is 6.52. The summed E-state index contributed by atoms with van der Waals surface area (Å²) in [6.45, 7) is 1.22. The summed E-state index contributed by atoms with van der Waals surface area (Å²) < 4.78 is 1.12. The fourth-order valence-corrected chi connectivity index (χ4v) is 1.18. The first-order valence-electron chi connectivity index (χ1n) is 3.61. The van der Waals surface area contributed by atoms with Gasteiger partial charge in [0.15, 0.2) is 0 Å². The smallest absolute Gasteiger partial charge is 0.300 e. The second-order valence-electron chi connectivity index (χ2n) is 2.27. The third-order valence-electron chi connectivity index (χ3n) is 1.13. The molecule has 0 bridgehead atoms. The highest BCUT2D eigenvalue weighted by molar-refractivity contribution is 14.1. The van der Waals surface area contributed by atoms with Gasteiger partial charge in [0.05, 0.1) is 6.61 Å². The molecule has 0 amide bonds. The van der Waals surface area contributed by atoms with Crippen molar-refractivity contribution in [3.05, 3.63) is 33.4 Å². The third kappa shape index (κ3) is 6.53. The van der Waals surface area contributed by atoms with Gasteiger partial charge in [0.2, 0.25) is 0 Å². The van der Waals surface area contributed by atoms with Crippen molar-refractivity contribution in [3.63, 3.8) is 0 Å². The Morgan fingerprint density at radius 3 is 2.23 bits per heavy atom. The van der Waals surface area contributed by atoms with E-state index in [9.17, 15) is 0 Å². The molecular weight excluding hydrogens is 283 g/mol. The summed E-state index contributed by atoms with van der Waals surface area (Å²) >= 11 is 2.20. The van der Waals surface area contributed by atoms with E-state index in [0.717, 1.165) is 16.1 Å². The van der Waals surface area contributed by atoms with Crippen molar-refractivity contribution in [1.29, 1.82) is 0 Å². The van der Waals surface area contributed by atoms with Crippen LogP contribution in [-0.4, -0.2) is 16.2 Å². The molecule has 3 nitrogen and oxygen atoms in total. The Bertz CT molecular complexity index is 269. The van der Waals surface area contributed by atoms with Gasteiger partial charge in [-0.2, -0.15) is 0 Å². The van der Waals surface area contributed by atoms with E-state index < -0.39 is 5.97 Å². The maximum atomic E-state index is 9.00. The summed E-state index contributed by atoms with van der Waals surface area (Å²) in [5.74, 6) is -0.833. The van der Waals surface area contributed by atoms with E-state index in [1.54, 1.807) is 0 Å². The topological polar surface area (TPSA) is 57.5 Å². The largest absolute Gasteiger partial charge is 0.481 e. The molecular formula is C9H11IO3. The zero-order valence-corrected chi connectivity index (χ0v) is 9.35. The highest BCUT2D eigenvalue weighted by atomic mass is 127. The van der Waals surface area contributed by atoms with Gasteiger partial charge in [0, 0.05) is 10.5 Å². The molecule has 0 aliphatic carbocycles.